The average molecular weight is 661 g/mol. The molecule has 0 aromatic carbocycles. The third-order valence-electron chi connectivity index (χ3n) is 8.25. The Balaban J connectivity index is 4.49. The summed E-state index contributed by atoms with van der Waals surface area (Å²) < 4.78 is 23.1. The van der Waals surface area contributed by atoms with Crippen LogP contribution in [0.25, 0.3) is 0 Å². The van der Waals surface area contributed by atoms with Gasteiger partial charge >= 0.3 is 0 Å². The number of allylic oxidation sites excluding steroid dienone is 2. The van der Waals surface area contributed by atoms with Crippen molar-refractivity contribution < 1.29 is 32.9 Å². The van der Waals surface area contributed by atoms with Crippen molar-refractivity contribution in [2.75, 3.05) is 40.9 Å². The fourth-order valence-corrected chi connectivity index (χ4v) is 5.94. The Hall–Kier alpha value is -0.760. The number of likely N-dealkylation sites (N-methyl/N-ethyl adjacent to an activating group) is 1. The third-order valence-corrected chi connectivity index (χ3v) is 9.22. The minimum Gasteiger partial charge on any atom is -0.756 e. The van der Waals surface area contributed by atoms with Gasteiger partial charge in [0.05, 0.1) is 39.9 Å². The molecule has 45 heavy (non-hydrogen) atoms. The highest BCUT2D eigenvalue weighted by Gasteiger charge is 2.24. The zero-order chi connectivity index (χ0) is 33.7. The van der Waals surface area contributed by atoms with Crippen LogP contribution in [-0.2, 0) is 18.4 Å². The van der Waals surface area contributed by atoms with Crippen LogP contribution in [0, 0.1) is 0 Å². The molecule has 3 atom stereocenters. The largest absolute Gasteiger partial charge is 0.756 e. The van der Waals surface area contributed by atoms with E-state index in [4.69, 9.17) is 9.05 Å². The second-order valence-electron chi connectivity index (χ2n) is 13.9. The predicted octanol–water partition coefficient (Wildman–Crippen LogP) is 8.61. The zero-order valence-corrected chi connectivity index (χ0v) is 31.0. The smallest absolute Gasteiger partial charge is 0.268 e. The van der Waals surface area contributed by atoms with Crippen molar-refractivity contribution in [2.45, 2.75) is 174 Å². The van der Waals surface area contributed by atoms with E-state index in [1.807, 2.05) is 21.1 Å². The summed E-state index contributed by atoms with van der Waals surface area (Å²) in [5, 5.41) is 13.8. The summed E-state index contributed by atoms with van der Waals surface area (Å²) >= 11 is 0. The number of rotatable bonds is 33. The number of carbonyl (C=O) groups excluding carboxylic acids is 1. The van der Waals surface area contributed by atoms with Crippen molar-refractivity contribution in [2.24, 2.45) is 0 Å². The summed E-state index contributed by atoms with van der Waals surface area (Å²) in [4.78, 5) is 25.0. The minimum absolute atomic E-state index is 0.00895. The lowest BCUT2D eigenvalue weighted by molar-refractivity contribution is -0.870. The Morgan fingerprint density at radius 3 is 1.73 bits per heavy atom. The first-order valence-corrected chi connectivity index (χ1v) is 20.0. The maximum absolute atomic E-state index is 12.7. The van der Waals surface area contributed by atoms with E-state index < -0.39 is 20.0 Å². The molecule has 0 aliphatic rings. The van der Waals surface area contributed by atoms with Crippen LogP contribution in [0.15, 0.2) is 12.2 Å². The van der Waals surface area contributed by atoms with E-state index in [1.54, 1.807) is 0 Å². The van der Waals surface area contributed by atoms with Gasteiger partial charge in [-0.1, -0.05) is 135 Å². The van der Waals surface area contributed by atoms with Gasteiger partial charge in [0.2, 0.25) is 5.91 Å². The van der Waals surface area contributed by atoms with E-state index in [1.165, 1.54) is 96.3 Å². The number of nitrogens with one attached hydrogen (secondary N) is 1. The Kier molecular flexibility index (Phi) is 28.9. The van der Waals surface area contributed by atoms with Crippen molar-refractivity contribution in [3.05, 3.63) is 12.2 Å². The van der Waals surface area contributed by atoms with E-state index in [9.17, 15) is 19.4 Å². The van der Waals surface area contributed by atoms with Crippen LogP contribution in [-0.4, -0.2) is 68.5 Å². The number of unbranched alkanes of at least 4 members (excludes halogenated alkanes) is 18. The number of amides is 1. The number of carbonyl (C=O) groups is 1. The van der Waals surface area contributed by atoms with E-state index in [0.29, 0.717) is 30.3 Å². The molecular formula is C36H73N2O6P. The van der Waals surface area contributed by atoms with Gasteiger partial charge in [-0.2, -0.15) is 0 Å². The molecule has 2 N–H and O–H groups in total. The first-order chi connectivity index (χ1) is 21.5. The molecule has 268 valence electrons. The van der Waals surface area contributed by atoms with E-state index in [-0.39, 0.29) is 19.1 Å². The molecule has 0 heterocycles. The molecule has 0 aliphatic carbocycles. The normalized spacial score (nSPS) is 14.9. The fraction of sp³-hybridized carbons (Fsp3) is 0.917. The van der Waals surface area contributed by atoms with Gasteiger partial charge in [-0.25, -0.2) is 0 Å². The molecule has 0 aromatic rings. The first kappa shape index (κ1) is 44.2. The number of nitrogens with zero attached hydrogens (tertiary/aromatic N) is 1. The molecule has 0 saturated heterocycles. The lowest BCUT2D eigenvalue weighted by atomic mass is 10.0. The SMILES string of the molecule is CCCCCC/C=C\CCCC(=O)NC(COP(=O)([O-])OCC[N+](C)(C)C)C(O)CCCCCCCCCCCCCCCC. The Bertz CT molecular complexity index is 758. The van der Waals surface area contributed by atoms with Gasteiger partial charge in [0, 0.05) is 6.42 Å². The number of hydrogen-bond donors (Lipinski definition) is 2. The average Bonchev–Trinajstić information content (AvgIpc) is 2.97. The van der Waals surface area contributed by atoms with E-state index in [0.717, 1.165) is 32.1 Å². The summed E-state index contributed by atoms with van der Waals surface area (Å²) in [7, 11) is 1.29. The van der Waals surface area contributed by atoms with Crippen molar-refractivity contribution >= 4 is 13.7 Å². The number of aliphatic hydroxyl groups is 1. The lowest BCUT2D eigenvalue weighted by Gasteiger charge is -2.30. The highest BCUT2D eigenvalue weighted by Crippen LogP contribution is 2.38. The molecule has 8 nitrogen and oxygen atoms in total. The van der Waals surface area contributed by atoms with Crippen molar-refractivity contribution in [3.8, 4) is 0 Å². The number of phosphoric ester groups is 1. The molecule has 3 unspecified atom stereocenters. The predicted molar refractivity (Wildman–Crippen MR) is 187 cm³/mol. The zero-order valence-electron chi connectivity index (χ0n) is 30.1. The maximum Gasteiger partial charge on any atom is 0.268 e. The Labute approximate surface area is 278 Å². The van der Waals surface area contributed by atoms with Crippen LogP contribution in [0.1, 0.15) is 162 Å². The van der Waals surface area contributed by atoms with Gasteiger partial charge in [0.25, 0.3) is 7.82 Å². The highest BCUT2D eigenvalue weighted by atomic mass is 31.2. The van der Waals surface area contributed by atoms with Gasteiger partial charge in [0.1, 0.15) is 13.2 Å². The molecule has 0 fully saturated rings. The lowest BCUT2D eigenvalue weighted by Crippen LogP contribution is -2.46. The van der Waals surface area contributed by atoms with E-state index in [2.05, 4.69) is 31.3 Å². The first-order valence-electron chi connectivity index (χ1n) is 18.5. The second kappa shape index (κ2) is 29.4. The minimum atomic E-state index is -4.55. The quantitative estimate of drug-likeness (QED) is 0.0316. The summed E-state index contributed by atoms with van der Waals surface area (Å²) in [6.07, 6.45) is 29.3. The number of phosphoric acid groups is 1. The Morgan fingerprint density at radius 2 is 1.22 bits per heavy atom. The standard InChI is InChI=1S/C36H73N2O6P/c1-6-8-10-12-14-16-17-18-19-20-22-23-25-27-29-35(39)34(33-44-45(41,42)43-32-31-38(3,4)5)37-36(40)30-28-26-24-21-15-13-11-9-7-2/h21,24,34-35,39H,6-20,22-23,25-33H2,1-5H3,(H-,37,40,41,42)/b24-21-. The number of quaternary nitrogens is 1. The fourth-order valence-electron chi connectivity index (χ4n) is 5.22. The van der Waals surface area contributed by atoms with Crippen molar-refractivity contribution in [1.29, 1.82) is 0 Å². The molecule has 9 heteroatoms. The molecule has 0 bridgehead atoms. The molecule has 0 aromatic heterocycles. The summed E-state index contributed by atoms with van der Waals surface area (Å²) in [6.45, 7) is 4.64. The number of aliphatic hydroxyl groups excluding tert-OH is 1. The van der Waals surface area contributed by atoms with Crippen molar-refractivity contribution in [1.82, 2.24) is 5.32 Å². The Morgan fingerprint density at radius 1 is 0.756 bits per heavy atom. The van der Waals surface area contributed by atoms with Gasteiger partial charge in [-0.15, -0.1) is 0 Å². The highest BCUT2D eigenvalue weighted by molar-refractivity contribution is 7.45. The molecular weight excluding hydrogens is 587 g/mol. The molecule has 0 radical (unpaired) electrons. The van der Waals surface area contributed by atoms with Crippen LogP contribution in [0.3, 0.4) is 0 Å². The van der Waals surface area contributed by atoms with Gasteiger partial charge in [-0.05, 0) is 32.1 Å². The summed E-state index contributed by atoms with van der Waals surface area (Å²) in [6, 6.07) is -0.808. The van der Waals surface area contributed by atoms with Gasteiger partial charge < -0.3 is 28.8 Å². The van der Waals surface area contributed by atoms with Crippen LogP contribution in [0.2, 0.25) is 0 Å². The van der Waals surface area contributed by atoms with Crippen LogP contribution in [0.5, 0.6) is 0 Å². The summed E-state index contributed by atoms with van der Waals surface area (Å²) in [5.41, 5.74) is 0. The molecule has 0 rings (SSSR count). The topological polar surface area (TPSA) is 108 Å². The number of hydrogen-bond acceptors (Lipinski definition) is 6. The molecule has 1 amide bonds. The van der Waals surface area contributed by atoms with Crippen LogP contribution < -0.4 is 10.2 Å². The maximum atomic E-state index is 12.7. The van der Waals surface area contributed by atoms with Crippen LogP contribution >= 0.6 is 7.82 Å². The summed E-state index contributed by atoms with van der Waals surface area (Å²) in [5.74, 6) is -0.202. The molecule has 0 spiro atoms. The van der Waals surface area contributed by atoms with E-state index >= 15 is 0 Å². The van der Waals surface area contributed by atoms with Crippen molar-refractivity contribution in [3.63, 3.8) is 0 Å². The molecule has 0 saturated carbocycles. The van der Waals surface area contributed by atoms with Gasteiger partial charge in [-0.3, -0.25) is 9.36 Å². The second-order valence-corrected chi connectivity index (χ2v) is 15.3. The van der Waals surface area contributed by atoms with Gasteiger partial charge in [0.15, 0.2) is 0 Å². The molecule has 0 aliphatic heterocycles. The third kappa shape index (κ3) is 31.6. The van der Waals surface area contributed by atoms with Crippen LogP contribution in [0.4, 0.5) is 0 Å². The monoisotopic (exact) mass is 661 g/mol.